The summed E-state index contributed by atoms with van der Waals surface area (Å²) in [6.45, 7) is 0. The molecule has 0 aliphatic rings. The first-order valence-corrected chi connectivity index (χ1v) is 4.68. The Kier molecular flexibility index (Phi) is 22.6. The van der Waals surface area contributed by atoms with Crippen LogP contribution in [0.25, 0.3) is 0 Å². The fraction of sp³-hybridized carbons (Fsp3) is 0. The number of phosphoric acid groups is 1. The van der Waals surface area contributed by atoms with Gasteiger partial charge >= 0.3 is 57.7 Å². The molecule has 11 heavy (non-hydrogen) atoms. The van der Waals surface area contributed by atoms with Crippen LogP contribution in [0, 0.1) is 0 Å². The summed E-state index contributed by atoms with van der Waals surface area (Å²) in [6.07, 6.45) is 0. The number of rotatable bonds is 0. The molecule has 0 unspecified atom stereocenters. The zero-order valence-electron chi connectivity index (χ0n) is 7.32. The van der Waals surface area contributed by atoms with E-state index in [1.54, 1.807) is 0 Å². The van der Waals surface area contributed by atoms with Gasteiger partial charge in [-0.05, 0) is 0 Å². The topological polar surface area (TPSA) is 167 Å². The third-order valence-electron chi connectivity index (χ3n) is 0. The molecule has 7 N–H and O–H groups in total. The summed E-state index contributed by atoms with van der Waals surface area (Å²) in [7, 11) is -4.64. The van der Waals surface area contributed by atoms with Crippen LogP contribution in [0.3, 0.4) is 0 Å². The number of hydrogen-bond acceptors (Lipinski definition) is 4. The summed E-state index contributed by atoms with van der Waals surface area (Å²) in [4.78, 5) is 21.6. The van der Waals surface area contributed by atoms with Crippen LogP contribution in [-0.2, 0) is 27.3 Å². The molecule has 0 aromatic carbocycles. The SMILES string of the molecule is N.O=P(O)(O)O.[H-].[H-].[Mg+2].[O]=[V](=[O])[OH]. The quantitative estimate of drug-likeness (QED) is 0.246. The van der Waals surface area contributed by atoms with Gasteiger partial charge in [-0.3, -0.25) is 0 Å². The van der Waals surface area contributed by atoms with E-state index in [9.17, 15) is 0 Å². The second-order valence-corrected chi connectivity index (χ2v) is 2.52. The first-order chi connectivity index (χ1) is 3.73. The predicted octanol–water partition coefficient (Wildman–Crippen LogP) is -1.72. The van der Waals surface area contributed by atoms with Gasteiger partial charge in [0.25, 0.3) is 0 Å². The molecule has 0 fully saturated rings. The Morgan fingerprint density at radius 3 is 1.18 bits per heavy atom. The van der Waals surface area contributed by atoms with Gasteiger partial charge in [-0.2, -0.15) is 0 Å². The molecule has 0 atom stereocenters. The van der Waals surface area contributed by atoms with Crippen LogP contribution < -0.4 is 6.15 Å². The molecule has 0 aliphatic heterocycles. The van der Waals surface area contributed by atoms with Crippen molar-refractivity contribution in [1.29, 1.82) is 0 Å². The molecule has 0 bridgehead atoms. The van der Waals surface area contributed by atoms with Gasteiger partial charge in [-0.25, -0.2) is 4.57 Å². The van der Waals surface area contributed by atoms with E-state index in [0.29, 0.717) is 0 Å². The molecule has 0 aliphatic carbocycles. The fourth-order valence-corrected chi connectivity index (χ4v) is 0. The van der Waals surface area contributed by atoms with Gasteiger partial charge in [0, 0.05) is 0 Å². The van der Waals surface area contributed by atoms with Crippen molar-refractivity contribution in [2.45, 2.75) is 0 Å². The summed E-state index contributed by atoms with van der Waals surface area (Å²) < 4.78 is 33.3. The van der Waals surface area contributed by atoms with E-state index in [4.69, 9.17) is 30.6 Å². The van der Waals surface area contributed by atoms with Crippen molar-refractivity contribution in [1.82, 2.24) is 6.15 Å². The zero-order valence-corrected chi connectivity index (χ0v) is 9.03. The van der Waals surface area contributed by atoms with Gasteiger partial charge in [-0.1, -0.05) is 0 Å². The van der Waals surface area contributed by atoms with Gasteiger partial charge in [0.1, 0.15) is 0 Å². The molecule has 8 nitrogen and oxygen atoms in total. The van der Waals surface area contributed by atoms with Gasteiger partial charge in [0.05, 0.1) is 0 Å². The summed E-state index contributed by atoms with van der Waals surface area (Å²) in [5, 5.41) is 0. The average molecular weight is 241 g/mol. The molecule has 11 heteroatoms. The van der Waals surface area contributed by atoms with Crippen LogP contribution in [0.5, 0.6) is 0 Å². The molecule has 0 radical (unpaired) electrons. The molecule has 0 spiro atoms. The molecule has 0 saturated carbocycles. The summed E-state index contributed by atoms with van der Waals surface area (Å²) in [6, 6.07) is 0. The molecule has 0 aromatic rings. The predicted molar refractivity (Wildman–Crippen MR) is 30.9 cm³/mol. The molecular weight excluding hydrogens is 232 g/mol. The van der Waals surface area contributed by atoms with Crippen molar-refractivity contribution >= 4 is 30.9 Å². The third kappa shape index (κ3) is 921. The van der Waals surface area contributed by atoms with Crippen LogP contribution in [0.15, 0.2) is 0 Å². The first-order valence-electron chi connectivity index (χ1n) is 1.35. The van der Waals surface area contributed by atoms with E-state index in [1.165, 1.54) is 0 Å². The minimum absolute atomic E-state index is 0. The van der Waals surface area contributed by atoms with E-state index in [0.717, 1.165) is 0 Å². The minimum atomic E-state index is -4.64. The third-order valence-corrected chi connectivity index (χ3v) is 0. The van der Waals surface area contributed by atoms with Crippen molar-refractivity contribution in [3.05, 3.63) is 0 Å². The Morgan fingerprint density at radius 2 is 1.18 bits per heavy atom. The second kappa shape index (κ2) is 11.0. The molecule has 0 heterocycles. The second-order valence-electron chi connectivity index (χ2n) is 0.751. The van der Waals surface area contributed by atoms with Crippen LogP contribution in [0.1, 0.15) is 2.85 Å². The first kappa shape index (κ1) is 22.7. The Labute approximate surface area is 85.9 Å². The normalized spacial score (nSPS) is 7.64. The Hall–Kier alpha value is 0.981. The zero-order chi connectivity index (χ0) is 8.08. The Morgan fingerprint density at radius 1 is 1.18 bits per heavy atom. The molecule has 0 rings (SSSR count). The van der Waals surface area contributed by atoms with Crippen molar-refractivity contribution in [3.8, 4) is 0 Å². The van der Waals surface area contributed by atoms with E-state index in [1.807, 2.05) is 0 Å². The monoisotopic (exact) mass is 241 g/mol. The van der Waals surface area contributed by atoms with Crippen molar-refractivity contribution in [2.75, 3.05) is 0 Å². The van der Waals surface area contributed by atoms with Gasteiger partial charge in [0.2, 0.25) is 0 Å². The number of hydrogen-bond donors (Lipinski definition) is 5. The average Bonchev–Trinajstić information content (AvgIpc) is 1.19. The van der Waals surface area contributed by atoms with E-state index in [-0.39, 0.29) is 32.1 Å². The molecule has 0 aromatic heterocycles. The van der Waals surface area contributed by atoms with Crippen molar-refractivity contribution < 1.29 is 48.9 Å². The summed E-state index contributed by atoms with van der Waals surface area (Å²) in [5.74, 6) is 0. The van der Waals surface area contributed by atoms with Gasteiger partial charge in [0.15, 0.2) is 0 Å². The fourth-order valence-electron chi connectivity index (χ4n) is 0. The maximum absolute atomic E-state index is 8.88. The van der Waals surface area contributed by atoms with Crippen molar-refractivity contribution in [2.24, 2.45) is 0 Å². The van der Waals surface area contributed by atoms with E-state index < -0.39 is 23.2 Å². The summed E-state index contributed by atoms with van der Waals surface area (Å²) in [5.41, 5.74) is 0. The summed E-state index contributed by atoms with van der Waals surface area (Å²) >= 11 is -3.69. The molecule has 68 valence electrons. The molecular formula is H9MgNO7PV. The van der Waals surface area contributed by atoms with E-state index in [2.05, 4.69) is 0 Å². The van der Waals surface area contributed by atoms with Crippen LogP contribution in [0.2, 0.25) is 0 Å². The molecule has 0 saturated heterocycles. The van der Waals surface area contributed by atoms with Crippen molar-refractivity contribution in [3.63, 3.8) is 0 Å². The Bertz CT molecular complexity index is 161. The standard InChI is InChI=1S/Mg.H3N.H3O4P.H2O.2O.V.2H/c;;1-5(2,3)4;;;;;;/h;1H3;(H3,1,2,3,4);1H2;;;;;/q+2;;;;;;+1;2*-1/p-1. The maximum atomic E-state index is 8.88. The molecule has 0 amide bonds. The Balaban J connectivity index is -0.0000000146. The van der Waals surface area contributed by atoms with Crippen LogP contribution in [-0.4, -0.2) is 41.8 Å². The van der Waals surface area contributed by atoms with Crippen LogP contribution in [0.4, 0.5) is 0 Å². The van der Waals surface area contributed by atoms with Crippen LogP contribution >= 0.6 is 7.82 Å². The van der Waals surface area contributed by atoms with E-state index >= 15 is 0 Å². The van der Waals surface area contributed by atoms with Gasteiger partial charge < -0.3 is 23.7 Å². The van der Waals surface area contributed by atoms with Gasteiger partial charge in [-0.15, -0.1) is 0 Å².